The number of nitrogens with one attached hydrogen (secondary N) is 1. The van der Waals surface area contributed by atoms with E-state index in [0.29, 0.717) is 37.7 Å². The van der Waals surface area contributed by atoms with E-state index in [1.165, 1.54) is 0 Å². The largest absolute Gasteiger partial charge is 0.382 e. The Kier molecular flexibility index (Phi) is 7.67. The molecule has 0 atom stereocenters. The second kappa shape index (κ2) is 8.78. The van der Waals surface area contributed by atoms with Crippen LogP contribution < -0.4 is 4.72 Å². The second-order valence-electron chi connectivity index (χ2n) is 5.81. The van der Waals surface area contributed by atoms with Gasteiger partial charge in [-0.1, -0.05) is 0 Å². The van der Waals surface area contributed by atoms with Crippen LogP contribution in [0.2, 0.25) is 0 Å². The highest BCUT2D eigenvalue weighted by Crippen LogP contribution is 2.29. The van der Waals surface area contributed by atoms with Crippen molar-refractivity contribution in [3.05, 3.63) is 27.8 Å². The number of methoxy groups -OCH3 is 1. The van der Waals surface area contributed by atoms with Crippen molar-refractivity contribution in [1.29, 1.82) is 0 Å². The third kappa shape index (κ3) is 5.01. The molecule has 0 saturated carbocycles. The average Bonchev–Trinajstić information content (AvgIpc) is 2.50. The summed E-state index contributed by atoms with van der Waals surface area (Å²) in [5.41, 5.74) is 4.89. The lowest BCUT2D eigenvalue weighted by atomic mass is 9.95. The molecule has 23 heavy (non-hydrogen) atoms. The third-order valence-corrected chi connectivity index (χ3v) is 6.12. The van der Waals surface area contributed by atoms with Crippen molar-refractivity contribution in [3.8, 4) is 0 Å². The van der Waals surface area contributed by atoms with Gasteiger partial charge in [-0.15, -0.1) is 0 Å². The maximum atomic E-state index is 12.7. The Labute approximate surface area is 140 Å². The van der Waals surface area contributed by atoms with E-state index in [1.807, 2.05) is 34.6 Å². The molecule has 0 spiro atoms. The number of ether oxygens (including phenoxy) is 2. The molecule has 0 heterocycles. The van der Waals surface area contributed by atoms with Crippen LogP contribution in [0.4, 0.5) is 0 Å². The summed E-state index contributed by atoms with van der Waals surface area (Å²) >= 11 is 0. The fraction of sp³-hybridized carbons (Fsp3) is 0.647. The molecular formula is C17H29NO4S. The Balaban J connectivity index is 2.78. The van der Waals surface area contributed by atoms with Crippen molar-refractivity contribution in [2.75, 3.05) is 33.5 Å². The highest BCUT2D eigenvalue weighted by molar-refractivity contribution is 7.89. The van der Waals surface area contributed by atoms with Gasteiger partial charge in [-0.2, -0.15) is 0 Å². The van der Waals surface area contributed by atoms with Crippen LogP contribution >= 0.6 is 0 Å². The minimum atomic E-state index is -3.51. The first-order valence-corrected chi connectivity index (χ1v) is 9.35. The van der Waals surface area contributed by atoms with Gasteiger partial charge in [0.15, 0.2) is 0 Å². The normalized spacial score (nSPS) is 11.9. The van der Waals surface area contributed by atoms with Crippen molar-refractivity contribution < 1.29 is 17.9 Å². The predicted octanol–water partition coefficient (Wildman–Crippen LogP) is 2.56. The maximum Gasteiger partial charge on any atom is 0.241 e. The van der Waals surface area contributed by atoms with Gasteiger partial charge in [-0.25, -0.2) is 13.1 Å². The van der Waals surface area contributed by atoms with E-state index in [0.717, 1.165) is 27.8 Å². The Morgan fingerprint density at radius 2 is 1.35 bits per heavy atom. The molecule has 0 unspecified atom stereocenters. The van der Waals surface area contributed by atoms with E-state index in [9.17, 15) is 8.42 Å². The quantitative estimate of drug-likeness (QED) is 0.700. The molecule has 0 aliphatic heterocycles. The van der Waals surface area contributed by atoms with Crippen LogP contribution in [0.15, 0.2) is 4.90 Å². The van der Waals surface area contributed by atoms with Gasteiger partial charge in [0.1, 0.15) is 0 Å². The zero-order valence-electron chi connectivity index (χ0n) is 15.1. The second-order valence-corrected chi connectivity index (χ2v) is 7.51. The van der Waals surface area contributed by atoms with Crippen molar-refractivity contribution in [2.24, 2.45) is 0 Å². The molecule has 0 aromatic heterocycles. The first-order valence-electron chi connectivity index (χ1n) is 7.87. The van der Waals surface area contributed by atoms with Gasteiger partial charge in [0.25, 0.3) is 0 Å². The van der Waals surface area contributed by atoms with Gasteiger partial charge in [-0.05, 0) is 68.9 Å². The summed E-state index contributed by atoms with van der Waals surface area (Å²) in [5, 5.41) is 0. The van der Waals surface area contributed by atoms with Gasteiger partial charge in [0.05, 0.1) is 18.1 Å². The summed E-state index contributed by atoms with van der Waals surface area (Å²) in [6.07, 6.45) is 0.630. The van der Waals surface area contributed by atoms with E-state index >= 15 is 0 Å². The topological polar surface area (TPSA) is 64.6 Å². The molecule has 0 aliphatic carbocycles. The molecule has 0 bridgehead atoms. The van der Waals surface area contributed by atoms with E-state index in [4.69, 9.17) is 9.47 Å². The third-order valence-electron chi connectivity index (χ3n) is 4.39. The summed E-state index contributed by atoms with van der Waals surface area (Å²) in [6.45, 7) is 11.7. The van der Waals surface area contributed by atoms with Crippen LogP contribution in [-0.4, -0.2) is 41.9 Å². The van der Waals surface area contributed by atoms with Gasteiger partial charge in [0, 0.05) is 20.3 Å². The van der Waals surface area contributed by atoms with Crippen LogP contribution in [0.25, 0.3) is 0 Å². The van der Waals surface area contributed by atoms with Gasteiger partial charge in [0.2, 0.25) is 10.0 Å². The minimum absolute atomic E-state index is 0.361. The summed E-state index contributed by atoms with van der Waals surface area (Å²) in [6, 6.07) is 0. The van der Waals surface area contributed by atoms with Crippen molar-refractivity contribution >= 4 is 10.0 Å². The number of rotatable bonds is 9. The molecule has 0 saturated heterocycles. The standard InChI is InChI=1S/C17H29NO4S/c1-12-13(2)15(4)17(16(5)14(12)3)23(19,20)18-8-7-9-22-11-10-21-6/h18H,7-11H2,1-6H3. The van der Waals surface area contributed by atoms with Crippen LogP contribution in [0.1, 0.15) is 34.2 Å². The number of hydrogen-bond donors (Lipinski definition) is 1. The van der Waals surface area contributed by atoms with Crippen LogP contribution in [-0.2, 0) is 19.5 Å². The molecule has 5 nitrogen and oxygen atoms in total. The Hall–Kier alpha value is -0.950. The number of benzene rings is 1. The van der Waals surface area contributed by atoms with Gasteiger partial charge < -0.3 is 9.47 Å². The van der Waals surface area contributed by atoms with E-state index in [-0.39, 0.29) is 0 Å². The number of hydrogen-bond acceptors (Lipinski definition) is 4. The zero-order valence-corrected chi connectivity index (χ0v) is 15.9. The molecular weight excluding hydrogens is 314 g/mol. The van der Waals surface area contributed by atoms with E-state index < -0.39 is 10.0 Å². The summed E-state index contributed by atoms with van der Waals surface area (Å²) in [5.74, 6) is 0. The lowest BCUT2D eigenvalue weighted by Crippen LogP contribution is -2.27. The molecule has 1 aromatic rings. The first-order chi connectivity index (χ1) is 10.7. The van der Waals surface area contributed by atoms with Crippen molar-refractivity contribution in [3.63, 3.8) is 0 Å². The molecule has 0 amide bonds. The molecule has 0 fully saturated rings. The minimum Gasteiger partial charge on any atom is -0.382 e. The van der Waals surface area contributed by atoms with E-state index in [1.54, 1.807) is 7.11 Å². The summed E-state index contributed by atoms with van der Waals surface area (Å²) in [7, 11) is -1.89. The first kappa shape index (κ1) is 20.1. The fourth-order valence-corrected chi connectivity index (χ4v) is 4.24. The maximum absolute atomic E-state index is 12.7. The molecule has 1 rings (SSSR count). The van der Waals surface area contributed by atoms with Gasteiger partial charge in [-0.3, -0.25) is 0 Å². The van der Waals surface area contributed by atoms with Crippen molar-refractivity contribution in [2.45, 2.75) is 45.9 Å². The SMILES string of the molecule is COCCOCCCNS(=O)(=O)c1c(C)c(C)c(C)c(C)c1C. The Morgan fingerprint density at radius 1 is 0.826 bits per heavy atom. The van der Waals surface area contributed by atoms with Crippen LogP contribution in [0.5, 0.6) is 0 Å². The van der Waals surface area contributed by atoms with Crippen LogP contribution in [0, 0.1) is 34.6 Å². The Morgan fingerprint density at radius 3 is 1.87 bits per heavy atom. The number of sulfonamides is 1. The highest BCUT2D eigenvalue weighted by Gasteiger charge is 2.23. The average molecular weight is 343 g/mol. The van der Waals surface area contributed by atoms with Crippen LogP contribution in [0.3, 0.4) is 0 Å². The molecule has 0 aliphatic rings. The van der Waals surface area contributed by atoms with E-state index in [2.05, 4.69) is 4.72 Å². The highest BCUT2D eigenvalue weighted by atomic mass is 32.2. The monoisotopic (exact) mass is 343 g/mol. The smallest absolute Gasteiger partial charge is 0.241 e. The molecule has 0 radical (unpaired) electrons. The van der Waals surface area contributed by atoms with Crippen molar-refractivity contribution in [1.82, 2.24) is 4.72 Å². The van der Waals surface area contributed by atoms with Gasteiger partial charge >= 0.3 is 0 Å². The fourth-order valence-electron chi connectivity index (χ4n) is 2.57. The Bertz CT molecular complexity index is 609. The summed E-state index contributed by atoms with van der Waals surface area (Å²) < 4.78 is 38.2. The summed E-state index contributed by atoms with van der Waals surface area (Å²) in [4.78, 5) is 0.415. The molecule has 132 valence electrons. The predicted molar refractivity (Wildman–Crippen MR) is 92.6 cm³/mol. The molecule has 1 N–H and O–H groups in total. The molecule has 1 aromatic carbocycles. The molecule has 6 heteroatoms. The zero-order chi connectivity index (χ0) is 17.6. The lowest BCUT2D eigenvalue weighted by Gasteiger charge is -2.19. The lowest BCUT2D eigenvalue weighted by molar-refractivity contribution is 0.0699.